The van der Waals surface area contributed by atoms with Gasteiger partial charge in [0.1, 0.15) is 5.75 Å². The number of ketones is 1. The number of carbonyl (C=O) groups is 2. The fraction of sp³-hybridized carbons (Fsp3) is 0.621. The van der Waals surface area contributed by atoms with E-state index in [1.165, 1.54) is 39.2 Å². The molecule has 36 heavy (non-hydrogen) atoms. The number of fused-ring (bicyclic) bond motifs is 1. The molecule has 2 aliphatic rings. The highest BCUT2D eigenvalue weighted by atomic mass is 32.2. The van der Waals surface area contributed by atoms with Crippen LogP contribution in [-0.4, -0.2) is 66.5 Å². The maximum atomic E-state index is 13.3. The van der Waals surface area contributed by atoms with E-state index in [4.69, 9.17) is 9.47 Å². The minimum absolute atomic E-state index is 0.124. The topological polar surface area (TPSA) is 68.7 Å². The largest absolute Gasteiger partial charge is 0.497 e. The van der Waals surface area contributed by atoms with Gasteiger partial charge < -0.3 is 14.4 Å². The maximum Gasteiger partial charge on any atom is 0.305 e. The summed E-state index contributed by atoms with van der Waals surface area (Å²) >= 11 is 2.13. The van der Waals surface area contributed by atoms with Gasteiger partial charge in [0.15, 0.2) is 5.78 Å². The molecule has 1 saturated heterocycles. The zero-order valence-corrected chi connectivity index (χ0v) is 22.6. The van der Waals surface area contributed by atoms with Crippen molar-refractivity contribution in [2.45, 2.75) is 63.0 Å². The predicted octanol–water partition coefficient (Wildman–Crippen LogP) is 5.77. The molecule has 1 saturated carbocycles. The molecule has 0 bridgehead atoms. The molecule has 196 valence electrons. The van der Waals surface area contributed by atoms with Gasteiger partial charge in [-0.1, -0.05) is 19.3 Å². The van der Waals surface area contributed by atoms with E-state index in [0.717, 1.165) is 60.1 Å². The Morgan fingerprint density at radius 1 is 1.08 bits per heavy atom. The molecule has 0 radical (unpaired) electrons. The minimum Gasteiger partial charge on any atom is -0.497 e. The fourth-order valence-electron chi connectivity index (χ4n) is 5.79. The standard InChI is InChI=1S/C29H40N2O4S/c1-34-23-9-10-27-26(19-23)25(12-14-30-27)28(32)11-8-21-13-15-31(20-22(21)18-29(33)35-2)16-17-36-24-6-4-3-5-7-24/h9-10,12,14,19,21-22,24H,3-8,11,13,15-18,20H2,1-2H3/t21-,22+/m1/s1. The smallest absolute Gasteiger partial charge is 0.305 e. The van der Waals surface area contributed by atoms with Gasteiger partial charge in [0.25, 0.3) is 0 Å². The summed E-state index contributed by atoms with van der Waals surface area (Å²) in [5.74, 6) is 2.43. The van der Waals surface area contributed by atoms with Gasteiger partial charge in [-0.05, 0) is 68.3 Å². The molecular weight excluding hydrogens is 472 g/mol. The first kappa shape index (κ1) is 26.9. The molecule has 2 fully saturated rings. The lowest BCUT2D eigenvalue weighted by Gasteiger charge is -2.38. The van der Waals surface area contributed by atoms with E-state index in [1.807, 2.05) is 24.3 Å². The van der Waals surface area contributed by atoms with E-state index >= 15 is 0 Å². The lowest BCUT2D eigenvalue weighted by molar-refractivity contribution is -0.142. The molecule has 0 unspecified atom stereocenters. The summed E-state index contributed by atoms with van der Waals surface area (Å²) < 4.78 is 10.4. The van der Waals surface area contributed by atoms with Crippen molar-refractivity contribution in [1.29, 1.82) is 0 Å². The molecule has 1 aromatic heterocycles. The number of piperidine rings is 1. The van der Waals surface area contributed by atoms with Crippen LogP contribution in [0.2, 0.25) is 0 Å². The highest BCUT2D eigenvalue weighted by molar-refractivity contribution is 7.99. The van der Waals surface area contributed by atoms with E-state index in [2.05, 4.69) is 21.6 Å². The number of benzene rings is 1. The highest BCUT2D eigenvalue weighted by Crippen LogP contribution is 2.33. The van der Waals surface area contributed by atoms with Crippen LogP contribution in [-0.2, 0) is 9.53 Å². The van der Waals surface area contributed by atoms with Crippen molar-refractivity contribution in [1.82, 2.24) is 9.88 Å². The van der Waals surface area contributed by atoms with Crippen LogP contribution in [0.15, 0.2) is 30.5 Å². The number of thioether (sulfide) groups is 1. The summed E-state index contributed by atoms with van der Waals surface area (Å²) in [5.41, 5.74) is 1.49. The summed E-state index contributed by atoms with van der Waals surface area (Å²) in [5, 5.41) is 1.66. The fourth-order valence-corrected chi connectivity index (χ4v) is 7.16. The Morgan fingerprint density at radius 2 is 1.92 bits per heavy atom. The molecule has 0 N–H and O–H groups in total. The maximum absolute atomic E-state index is 13.3. The van der Waals surface area contributed by atoms with Crippen LogP contribution in [0.4, 0.5) is 0 Å². The Hall–Kier alpha value is -2.12. The SMILES string of the molecule is COC(=O)C[C@H]1CN(CCSC2CCCCC2)CC[C@H]1CCC(=O)c1ccnc2ccc(OC)cc12. The number of aromatic nitrogens is 1. The molecule has 4 rings (SSSR count). The average molecular weight is 513 g/mol. The first-order valence-electron chi connectivity index (χ1n) is 13.4. The first-order chi connectivity index (χ1) is 17.6. The van der Waals surface area contributed by atoms with Gasteiger partial charge in [-0.25, -0.2) is 0 Å². The number of hydrogen-bond donors (Lipinski definition) is 0. The van der Waals surface area contributed by atoms with Gasteiger partial charge in [-0.2, -0.15) is 11.8 Å². The summed E-state index contributed by atoms with van der Waals surface area (Å²) in [7, 11) is 3.09. The minimum atomic E-state index is -0.151. The second kappa shape index (κ2) is 13.4. The summed E-state index contributed by atoms with van der Waals surface area (Å²) in [4.78, 5) is 32.4. The number of rotatable bonds is 11. The van der Waals surface area contributed by atoms with Crippen molar-refractivity contribution in [3.05, 3.63) is 36.0 Å². The molecule has 2 atom stereocenters. The predicted molar refractivity (Wildman–Crippen MR) is 146 cm³/mol. The summed E-state index contributed by atoms with van der Waals surface area (Å²) in [6.45, 7) is 3.03. The van der Waals surface area contributed by atoms with Gasteiger partial charge in [0.05, 0.1) is 19.7 Å². The Labute approximate surface area is 219 Å². The van der Waals surface area contributed by atoms with E-state index in [1.54, 1.807) is 13.3 Å². The number of nitrogens with zero attached hydrogens (tertiary/aromatic N) is 2. The molecule has 1 aliphatic heterocycles. The Morgan fingerprint density at radius 3 is 2.69 bits per heavy atom. The zero-order valence-electron chi connectivity index (χ0n) is 21.7. The van der Waals surface area contributed by atoms with Crippen LogP contribution in [0.25, 0.3) is 10.9 Å². The van der Waals surface area contributed by atoms with Crippen LogP contribution in [0.3, 0.4) is 0 Å². The van der Waals surface area contributed by atoms with E-state index in [-0.39, 0.29) is 17.7 Å². The van der Waals surface area contributed by atoms with Gasteiger partial charge in [-0.3, -0.25) is 14.6 Å². The van der Waals surface area contributed by atoms with Crippen LogP contribution >= 0.6 is 11.8 Å². The third kappa shape index (κ3) is 7.22. The van der Waals surface area contributed by atoms with Crippen molar-refractivity contribution in [3.63, 3.8) is 0 Å². The summed E-state index contributed by atoms with van der Waals surface area (Å²) in [6, 6.07) is 7.45. The molecular formula is C29H40N2O4S. The number of methoxy groups -OCH3 is 2. The van der Waals surface area contributed by atoms with Gasteiger partial charge in [-0.15, -0.1) is 0 Å². The molecule has 1 aromatic carbocycles. The molecule has 2 heterocycles. The van der Waals surface area contributed by atoms with Crippen molar-refractivity contribution in [2.24, 2.45) is 11.8 Å². The van der Waals surface area contributed by atoms with Gasteiger partial charge in [0, 0.05) is 54.1 Å². The number of likely N-dealkylation sites (tertiary alicyclic amines) is 1. The molecule has 1 aliphatic carbocycles. The highest BCUT2D eigenvalue weighted by Gasteiger charge is 2.31. The average Bonchev–Trinajstić information content (AvgIpc) is 2.92. The van der Waals surface area contributed by atoms with Crippen LogP contribution < -0.4 is 4.74 Å². The number of hydrogen-bond acceptors (Lipinski definition) is 7. The van der Waals surface area contributed by atoms with Crippen molar-refractivity contribution in [3.8, 4) is 5.75 Å². The number of esters is 1. The lowest BCUT2D eigenvalue weighted by Crippen LogP contribution is -2.42. The van der Waals surface area contributed by atoms with Crippen molar-refractivity contribution >= 4 is 34.4 Å². The van der Waals surface area contributed by atoms with E-state index < -0.39 is 0 Å². The lowest BCUT2D eigenvalue weighted by atomic mass is 9.79. The molecule has 6 nitrogen and oxygen atoms in total. The number of ether oxygens (including phenoxy) is 2. The van der Waals surface area contributed by atoms with Crippen molar-refractivity contribution < 1.29 is 19.1 Å². The third-order valence-electron chi connectivity index (χ3n) is 7.94. The Kier molecular flexibility index (Phi) is 10.0. The Balaban J connectivity index is 1.34. The van der Waals surface area contributed by atoms with Crippen molar-refractivity contribution in [2.75, 3.05) is 39.6 Å². The number of carbonyl (C=O) groups excluding carboxylic acids is 2. The Bertz CT molecular complexity index is 1020. The van der Waals surface area contributed by atoms with Gasteiger partial charge >= 0.3 is 5.97 Å². The van der Waals surface area contributed by atoms with Crippen LogP contribution in [0.5, 0.6) is 5.75 Å². The first-order valence-corrected chi connectivity index (χ1v) is 14.5. The van der Waals surface area contributed by atoms with E-state index in [9.17, 15) is 9.59 Å². The zero-order chi connectivity index (χ0) is 25.3. The monoisotopic (exact) mass is 512 g/mol. The number of pyridine rings is 1. The van der Waals surface area contributed by atoms with Crippen LogP contribution in [0, 0.1) is 11.8 Å². The normalized spacial score (nSPS) is 21.4. The molecule has 0 spiro atoms. The molecule has 0 amide bonds. The number of Topliss-reactive ketones (excluding diaryl/α,β-unsaturated/α-hetero) is 1. The van der Waals surface area contributed by atoms with E-state index in [0.29, 0.717) is 24.3 Å². The summed E-state index contributed by atoms with van der Waals surface area (Å²) in [6.07, 6.45) is 11.3. The second-order valence-electron chi connectivity index (χ2n) is 10.2. The second-order valence-corrected chi connectivity index (χ2v) is 11.6. The molecule has 7 heteroatoms. The van der Waals surface area contributed by atoms with Gasteiger partial charge in [0.2, 0.25) is 0 Å². The third-order valence-corrected chi connectivity index (χ3v) is 9.30. The quantitative estimate of drug-likeness (QED) is 0.279. The molecule has 2 aromatic rings. The van der Waals surface area contributed by atoms with Crippen LogP contribution in [0.1, 0.15) is 68.1 Å².